The fourth-order valence-corrected chi connectivity index (χ4v) is 2.61. The number of rotatable bonds is 5. The van der Waals surface area contributed by atoms with Crippen LogP contribution in [0.3, 0.4) is 0 Å². The molecule has 1 atom stereocenters. The van der Waals surface area contributed by atoms with Crippen molar-refractivity contribution in [3.8, 4) is 0 Å². The first-order valence-corrected chi connectivity index (χ1v) is 7.81. The monoisotopic (exact) mass is 268 g/mol. The van der Waals surface area contributed by atoms with Crippen LogP contribution >= 0.6 is 0 Å². The maximum Gasteiger partial charge on any atom is 0.221 e. The lowest BCUT2D eigenvalue weighted by Crippen LogP contribution is -2.40. The number of carbonyl (C=O) groups excluding carboxylic acids is 1. The zero-order chi connectivity index (χ0) is 14.5. The summed E-state index contributed by atoms with van der Waals surface area (Å²) in [5, 5.41) is 3.03. The molecule has 1 rings (SSSR count). The third kappa shape index (κ3) is 6.42. The molecule has 3 nitrogen and oxygen atoms in total. The predicted molar refractivity (Wildman–Crippen MR) is 80.8 cm³/mol. The van der Waals surface area contributed by atoms with E-state index in [1.165, 1.54) is 25.7 Å². The third-order valence-electron chi connectivity index (χ3n) is 4.53. The van der Waals surface area contributed by atoms with Crippen molar-refractivity contribution in [3.63, 3.8) is 0 Å². The molecule has 0 radical (unpaired) electrons. The van der Waals surface area contributed by atoms with Crippen LogP contribution in [0.5, 0.6) is 0 Å². The van der Waals surface area contributed by atoms with Crippen LogP contribution in [0.4, 0.5) is 0 Å². The van der Waals surface area contributed by atoms with Crippen molar-refractivity contribution in [1.29, 1.82) is 0 Å². The minimum Gasteiger partial charge on any atom is -0.356 e. The van der Waals surface area contributed by atoms with Crippen LogP contribution in [0.1, 0.15) is 66.2 Å². The van der Waals surface area contributed by atoms with Gasteiger partial charge in [-0.1, -0.05) is 53.4 Å². The first-order valence-electron chi connectivity index (χ1n) is 7.81. The van der Waals surface area contributed by atoms with Gasteiger partial charge in [-0.2, -0.15) is 0 Å². The van der Waals surface area contributed by atoms with Gasteiger partial charge in [-0.3, -0.25) is 4.79 Å². The fourth-order valence-electron chi connectivity index (χ4n) is 2.61. The van der Waals surface area contributed by atoms with Crippen molar-refractivity contribution >= 4 is 5.91 Å². The minimum atomic E-state index is -0.0666. The standard InChI is InChI=1S/C16H32N2O/c1-12-5-7-13(8-6-12)9-10-18-15(19)11-14(17)16(2,3)4/h12-14H,5-11,17H2,1-4H3,(H,18,19). The van der Waals surface area contributed by atoms with E-state index in [9.17, 15) is 4.79 Å². The molecule has 0 aromatic carbocycles. The molecule has 1 aliphatic rings. The first-order chi connectivity index (χ1) is 8.79. The maximum atomic E-state index is 11.8. The van der Waals surface area contributed by atoms with Crippen LogP contribution in [-0.4, -0.2) is 18.5 Å². The van der Waals surface area contributed by atoms with Gasteiger partial charge >= 0.3 is 0 Å². The van der Waals surface area contributed by atoms with E-state index in [1.54, 1.807) is 0 Å². The lowest BCUT2D eigenvalue weighted by atomic mass is 9.81. The van der Waals surface area contributed by atoms with Crippen LogP contribution in [0.25, 0.3) is 0 Å². The number of nitrogens with two attached hydrogens (primary N) is 1. The van der Waals surface area contributed by atoms with Crippen molar-refractivity contribution in [2.75, 3.05) is 6.54 Å². The Morgan fingerprint density at radius 2 is 1.84 bits per heavy atom. The third-order valence-corrected chi connectivity index (χ3v) is 4.53. The molecule has 0 saturated heterocycles. The van der Waals surface area contributed by atoms with Gasteiger partial charge < -0.3 is 11.1 Å². The summed E-state index contributed by atoms with van der Waals surface area (Å²) in [6.45, 7) is 9.39. The van der Waals surface area contributed by atoms with Gasteiger partial charge in [0.05, 0.1) is 0 Å². The Balaban J connectivity index is 2.14. The van der Waals surface area contributed by atoms with E-state index in [4.69, 9.17) is 5.73 Å². The van der Waals surface area contributed by atoms with E-state index in [0.29, 0.717) is 6.42 Å². The molecular weight excluding hydrogens is 236 g/mol. The van der Waals surface area contributed by atoms with Gasteiger partial charge in [0, 0.05) is 19.0 Å². The summed E-state index contributed by atoms with van der Waals surface area (Å²) in [6.07, 6.45) is 6.94. The van der Waals surface area contributed by atoms with Gasteiger partial charge in [-0.25, -0.2) is 0 Å². The molecule has 0 heterocycles. The lowest BCUT2D eigenvalue weighted by molar-refractivity contribution is -0.122. The summed E-state index contributed by atoms with van der Waals surface area (Å²) in [5.41, 5.74) is 6.02. The summed E-state index contributed by atoms with van der Waals surface area (Å²) < 4.78 is 0. The van der Waals surface area contributed by atoms with E-state index >= 15 is 0 Å². The molecule has 1 fully saturated rings. The Bertz CT molecular complexity index is 275. The van der Waals surface area contributed by atoms with Gasteiger partial charge in [-0.05, 0) is 23.7 Å². The number of amides is 1. The Morgan fingerprint density at radius 1 is 1.26 bits per heavy atom. The smallest absolute Gasteiger partial charge is 0.221 e. The van der Waals surface area contributed by atoms with Gasteiger partial charge in [0.1, 0.15) is 0 Å². The highest BCUT2D eigenvalue weighted by molar-refractivity contribution is 5.76. The molecule has 1 saturated carbocycles. The molecule has 0 aromatic heterocycles. The molecule has 1 amide bonds. The molecule has 1 unspecified atom stereocenters. The van der Waals surface area contributed by atoms with Crippen LogP contribution in [0.15, 0.2) is 0 Å². The van der Waals surface area contributed by atoms with Gasteiger partial charge in [-0.15, -0.1) is 0 Å². The second-order valence-corrected chi connectivity index (χ2v) is 7.44. The molecule has 3 heteroatoms. The fraction of sp³-hybridized carbons (Fsp3) is 0.938. The minimum absolute atomic E-state index is 0.00313. The number of hydrogen-bond donors (Lipinski definition) is 2. The lowest BCUT2D eigenvalue weighted by Gasteiger charge is -2.27. The highest BCUT2D eigenvalue weighted by Crippen LogP contribution is 2.29. The van der Waals surface area contributed by atoms with E-state index in [-0.39, 0.29) is 17.4 Å². The molecule has 3 N–H and O–H groups in total. The SMILES string of the molecule is CC1CCC(CCNC(=O)CC(N)C(C)(C)C)CC1. The summed E-state index contributed by atoms with van der Waals surface area (Å²) in [5.74, 6) is 1.81. The Morgan fingerprint density at radius 3 is 2.37 bits per heavy atom. The molecule has 0 aliphatic heterocycles. The molecule has 112 valence electrons. The Kier molecular flexibility index (Phi) is 6.31. The second-order valence-electron chi connectivity index (χ2n) is 7.44. The summed E-state index contributed by atoms with van der Waals surface area (Å²) >= 11 is 0. The predicted octanol–water partition coefficient (Wildman–Crippen LogP) is 3.08. The molecule has 0 spiro atoms. The summed E-state index contributed by atoms with van der Waals surface area (Å²) in [4.78, 5) is 11.8. The van der Waals surface area contributed by atoms with Crippen molar-refractivity contribution in [2.45, 2.75) is 72.3 Å². The van der Waals surface area contributed by atoms with Crippen LogP contribution < -0.4 is 11.1 Å². The van der Waals surface area contributed by atoms with E-state index < -0.39 is 0 Å². The second kappa shape index (κ2) is 7.28. The molecule has 0 aromatic rings. The van der Waals surface area contributed by atoms with E-state index in [2.05, 4.69) is 33.0 Å². The molecule has 1 aliphatic carbocycles. The quantitative estimate of drug-likeness (QED) is 0.805. The summed E-state index contributed by atoms with van der Waals surface area (Å²) in [7, 11) is 0. The van der Waals surface area contributed by atoms with Crippen LogP contribution in [0.2, 0.25) is 0 Å². The normalized spacial score (nSPS) is 25.9. The Labute approximate surface area is 118 Å². The largest absolute Gasteiger partial charge is 0.356 e. The highest BCUT2D eigenvalue weighted by atomic mass is 16.1. The van der Waals surface area contributed by atoms with Crippen molar-refractivity contribution < 1.29 is 4.79 Å². The Hall–Kier alpha value is -0.570. The number of hydrogen-bond acceptors (Lipinski definition) is 2. The number of carbonyl (C=O) groups is 1. The van der Waals surface area contributed by atoms with Gasteiger partial charge in [0.15, 0.2) is 0 Å². The molecule has 19 heavy (non-hydrogen) atoms. The summed E-state index contributed by atoms with van der Waals surface area (Å²) in [6, 6.07) is -0.0666. The first kappa shape index (κ1) is 16.5. The maximum absolute atomic E-state index is 11.8. The van der Waals surface area contributed by atoms with Crippen molar-refractivity contribution in [2.24, 2.45) is 23.0 Å². The zero-order valence-corrected chi connectivity index (χ0v) is 13.2. The van der Waals surface area contributed by atoms with E-state index in [1.807, 2.05) is 0 Å². The average molecular weight is 268 g/mol. The van der Waals surface area contributed by atoms with Gasteiger partial charge in [0.25, 0.3) is 0 Å². The highest BCUT2D eigenvalue weighted by Gasteiger charge is 2.23. The van der Waals surface area contributed by atoms with Crippen LogP contribution in [-0.2, 0) is 4.79 Å². The zero-order valence-electron chi connectivity index (χ0n) is 13.2. The van der Waals surface area contributed by atoms with Crippen molar-refractivity contribution in [3.05, 3.63) is 0 Å². The van der Waals surface area contributed by atoms with Gasteiger partial charge in [0.2, 0.25) is 5.91 Å². The molecule has 0 bridgehead atoms. The van der Waals surface area contributed by atoms with Crippen LogP contribution in [0, 0.1) is 17.3 Å². The molecular formula is C16H32N2O. The van der Waals surface area contributed by atoms with Crippen molar-refractivity contribution in [1.82, 2.24) is 5.32 Å². The number of nitrogens with one attached hydrogen (secondary N) is 1. The average Bonchev–Trinajstić information content (AvgIpc) is 2.30. The van der Waals surface area contributed by atoms with E-state index in [0.717, 1.165) is 24.8 Å². The topological polar surface area (TPSA) is 55.1 Å².